The number of halogens is 1. The van der Waals surface area contributed by atoms with Crippen LogP contribution in [0.3, 0.4) is 0 Å². The van der Waals surface area contributed by atoms with Gasteiger partial charge in [-0.1, -0.05) is 45.8 Å². The standard InChI is InChI=1S/C18H15BrN4O/c1-12-2-4-13(5-3-12)17-15(10-20-22-17)11-21-23-18(24)14-6-8-16(19)9-7-14/h2-11H,1H3,(H,20,22)(H,23,24). The largest absolute Gasteiger partial charge is 0.277 e. The molecule has 0 aliphatic carbocycles. The fraction of sp³-hybridized carbons (Fsp3) is 0.0556. The summed E-state index contributed by atoms with van der Waals surface area (Å²) in [4.78, 5) is 12.0. The number of aryl methyl sites for hydroxylation is 1. The molecular formula is C18H15BrN4O. The van der Waals surface area contributed by atoms with Crippen molar-refractivity contribution in [1.29, 1.82) is 0 Å². The van der Waals surface area contributed by atoms with E-state index in [1.165, 1.54) is 5.56 Å². The Hall–Kier alpha value is -2.73. The number of hydrogen-bond donors (Lipinski definition) is 2. The van der Waals surface area contributed by atoms with Crippen molar-refractivity contribution in [3.63, 3.8) is 0 Å². The second-order valence-corrected chi connectivity index (χ2v) is 6.19. The molecule has 0 saturated carbocycles. The van der Waals surface area contributed by atoms with Gasteiger partial charge in [-0.25, -0.2) is 5.43 Å². The lowest BCUT2D eigenvalue weighted by atomic mass is 10.1. The van der Waals surface area contributed by atoms with Crippen LogP contribution in [0.5, 0.6) is 0 Å². The molecule has 0 aliphatic heterocycles. The van der Waals surface area contributed by atoms with Gasteiger partial charge >= 0.3 is 0 Å². The van der Waals surface area contributed by atoms with Crippen molar-refractivity contribution in [2.24, 2.45) is 5.10 Å². The quantitative estimate of drug-likeness (QED) is 0.530. The van der Waals surface area contributed by atoms with E-state index in [0.29, 0.717) is 5.56 Å². The molecule has 1 amide bonds. The van der Waals surface area contributed by atoms with Crippen LogP contribution in [-0.2, 0) is 0 Å². The van der Waals surface area contributed by atoms with E-state index in [0.717, 1.165) is 21.3 Å². The molecule has 0 saturated heterocycles. The van der Waals surface area contributed by atoms with E-state index < -0.39 is 0 Å². The Morgan fingerprint density at radius 2 is 1.88 bits per heavy atom. The van der Waals surface area contributed by atoms with E-state index in [9.17, 15) is 4.79 Å². The third kappa shape index (κ3) is 3.78. The normalized spacial score (nSPS) is 10.9. The number of H-pyrrole nitrogens is 1. The Balaban J connectivity index is 1.71. The van der Waals surface area contributed by atoms with Crippen LogP contribution in [0.1, 0.15) is 21.5 Å². The zero-order chi connectivity index (χ0) is 16.9. The van der Waals surface area contributed by atoms with Crippen LogP contribution >= 0.6 is 15.9 Å². The Morgan fingerprint density at radius 1 is 1.17 bits per heavy atom. The zero-order valence-corrected chi connectivity index (χ0v) is 14.5. The van der Waals surface area contributed by atoms with Crippen LogP contribution in [-0.4, -0.2) is 22.3 Å². The first-order valence-corrected chi connectivity index (χ1v) is 8.12. The van der Waals surface area contributed by atoms with Crippen molar-refractivity contribution in [2.45, 2.75) is 6.92 Å². The van der Waals surface area contributed by atoms with Gasteiger partial charge in [-0.05, 0) is 31.2 Å². The molecule has 1 aromatic heterocycles. The molecular weight excluding hydrogens is 368 g/mol. The highest BCUT2D eigenvalue weighted by molar-refractivity contribution is 9.10. The molecule has 1 heterocycles. The number of nitrogens with one attached hydrogen (secondary N) is 2. The van der Waals surface area contributed by atoms with Gasteiger partial charge in [0.05, 0.1) is 18.1 Å². The topological polar surface area (TPSA) is 70.1 Å². The number of carbonyl (C=O) groups excluding carboxylic acids is 1. The first-order chi connectivity index (χ1) is 11.6. The van der Waals surface area contributed by atoms with E-state index in [1.54, 1.807) is 24.5 Å². The number of hydrogen-bond acceptors (Lipinski definition) is 3. The van der Waals surface area contributed by atoms with Gasteiger partial charge < -0.3 is 0 Å². The van der Waals surface area contributed by atoms with E-state index >= 15 is 0 Å². The molecule has 0 radical (unpaired) electrons. The highest BCUT2D eigenvalue weighted by atomic mass is 79.9. The summed E-state index contributed by atoms with van der Waals surface area (Å²) in [5, 5.41) is 11.0. The molecule has 6 heteroatoms. The molecule has 0 atom stereocenters. The lowest BCUT2D eigenvalue weighted by Gasteiger charge is -2.01. The van der Waals surface area contributed by atoms with Crippen molar-refractivity contribution in [3.8, 4) is 11.3 Å². The van der Waals surface area contributed by atoms with Gasteiger partial charge in [0.25, 0.3) is 5.91 Å². The summed E-state index contributed by atoms with van der Waals surface area (Å²) in [6.45, 7) is 2.04. The molecule has 3 aromatic rings. The number of nitrogens with zero attached hydrogens (tertiary/aromatic N) is 2. The maximum atomic E-state index is 12.0. The highest BCUT2D eigenvalue weighted by Gasteiger charge is 2.06. The molecule has 24 heavy (non-hydrogen) atoms. The molecule has 2 N–H and O–H groups in total. The summed E-state index contributed by atoms with van der Waals surface area (Å²) in [5.41, 5.74) is 6.92. The van der Waals surface area contributed by atoms with Gasteiger partial charge in [0.2, 0.25) is 0 Å². The van der Waals surface area contributed by atoms with Crippen molar-refractivity contribution >= 4 is 28.1 Å². The summed E-state index contributed by atoms with van der Waals surface area (Å²) in [5.74, 6) is -0.265. The number of aromatic nitrogens is 2. The summed E-state index contributed by atoms with van der Waals surface area (Å²) < 4.78 is 0.920. The van der Waals surface area contributed by atoms with Crippen molar-refractivity contribution < 1.29 is 4.79 Å². The van der Waals surface area contributed by atoms with E-state index in [1.807, 2.05) is 43.3 Å². The minimum Gasteiger partial charge on any atom is -0.277 e. The first-order valence-electron chi connectivity index (χ1n) is 7.33. The average molecular weight is 383 g/mol. The van der Waals surface area contributed by atoms with Crippen LogP contribution in [0.15, 0.2) is 64.3 Å². The maximum Gasteiger partial charge on any atom is 0.271 e. The summed E-state index contributed by atoms with van der Waals surface area (Å²) in [7, 11) is 0. The van der Waals surface area contributed by atoms with Crippen LogP contribution in [0, 0.1) is 6.92 Å². The number of benzene rings is 2. The molecule has 0 bridgehead atoms. The van der Waals surface area contributed by atoms with Crippen molar-refractivity contribution in [2.75, 3.05) is 0 Å². The second-order valence-electron chi connectivity index (χ2n) is 5.27. The number of carbonyl (C=O) groups is 1. The summed E-state index contributed by atoms with van der Waals surface area (Å²) >= 11 is 3.34. The molecule has 0 aliphatic rings. The first kappa shape index (κ1) is 16.1. The predicted octanol–water partition coefficient (Wildman–Crippen LogP) is 3.91. The number of amides is 1. The second kappa shape index (κ2) is 7.23. The Labute approximate surface area is 147 Å². The monoisotopic (exact) mass is 382 g/mol. The molecule has 120 valence electrons. The van der Waals surface area contributed by atoms with Crippen molar-refractivity contribution in [1.82, 2.24) is 15.6 Å². The van der Waals surface area contributed by atoms with Gasteiger partial charge in [-0.2, -0.15) is 10.2 Å². The third-order valence-electron chi connectivity index (χ3n) is 3.49. The fourth-order valence-corrected chi connectivity index (χ4v) is 2.44. The van der Waals surface area contributed by atoms with Gasteiger partial charge in [-0.3, -0.25) is 9.89 Å². The van der Waals surface area contributed by atoms with Gasteiger partial charge in [-0.15, -0.1) is 0 Å². The summed E-state index contributed by atoms with van der Waals surface area (Å²) in [6.07, 6.45) is 3.25. The maximum absolute atomic E-state index is 12.0. The van der Waals surface area contributed by atoms with E-state index in [4.69, 9.17) is 0 Å². The smallest absolute Gasteiger partial charge is 0.271 e. The van der Waals surface area contributed by atoms with Crippen LogP contribution < -0.4 is 5.43 Å². The van der Waals surface area contributed by atoms with Crippen LogP contribution in [0.4, 0.5) is 0 Å². The highest BCUT2D eigenvalue weighted by Crippen LogP contribution is 2.20. The Bertz CT molecular complexity index is 867. The summed E-state index contributed by atoms with van der Waals surface area (Å²) in [6, 6.07) is 15.2. The van der Waals surface area contributed by atoms with Gasteiger partial charge in [0.1, 0.15) is 0 Å². The number of hydrazone groups is 1. The lowest BCUT2D eigenvalue weighted by Crippen LogP contribution is -2.17. The van der Waals surface area contributed by atoms with Crippen LogP contribution in [0.25, 0.3) is 11.3 Å². The SMILES string of the molecule is Cc1ccc(-c2[nH]ncc2C=NNC(=O)c2ccc(Br)cc2)cc1. The molecule has 3 rings (SSSR count). The van der Waals surface area contributed by atoms with Gasteiger partial charge in [0, 0.05) is 21.2 Å². The Kier molecular flexibility index (Phi) is 4.86. The van der Waals surface area contributed by atoms with E-state index in [-0.39, 0.29) is 5.91 Å². The molecule has 0 spiro atoms. The number of aromatic amines is 1. The lowest BCUT2D eigenvalue weighted by molar-refractivity contribution is 0.0955. The molecule has 0 unspecified atom stereocenters. The molecule has 2 aromatic carbocycles. The molecule has 0 fully saturated rings. The van der Waals surface area contributed by atoms with Crippen LogP contribution in [0.2, 0.25) is 0 Å². The molecule has 5 nitrogen and oxygen atoms in total. The number of rotatable bonds is 4. The van der Waals surface area contributed by atoms with Gasteiger partial charge in [0.15, 0.2) is 0 Å². The minimum absolute atomic E-state index is 0.265. The zero-order valence-electron chi connectivity index (χ0n) is 13.0. The third-order valence-corrected chi connectivity index (χ3v) is 4.01. The Morgan fingerprint density at radius 3 is 2.58 bits per heavy atom. The average Bonchev–Trinajstić information content (AvgIpc) is 3.04. The minimum atomic E-state index is -0.265. The fourth-order valence-electron chi connectivity index (χ4n) is 2.17. The van der Waals surface area contributed by atoms with E-state index in [2.05, 4.69) is 36.7 Å². The predicted molar refractivity (Wildman–Crippen MR) is 98.0 cm³/mol. The van der Waals surface area contributed by atoms with Crippen molar-refractivity contribution in [3.05, 3.63) is 75.9 Å².